The number of aromatic nitrogens is 2. The zero-order valence-corrected chi connectivity index (χ0v) is 8.54. The molecule has 0 atom stereocenters. The average Bonchev–Trinajstić information content (AvgIpc) is 2.61. The quantitative estimate of drug-likeness (QED) is 0.858. The number of benzene rings is 1. The van der Waals surface area contributed by atoms with Crippen LogP contribution in [0.25, 0.3) is 11.0 Å². The smallest absolute Gasteiger partial charge is 0.366 e. The molecule has 0 spiro atoms. The van der Waals surface area contributed by atoms with Gasteiger partial charge in [-0.25, -0.2) is 4.98 Å². The van der Waals surface area contributed by atoms with E-state index in [0.29, 0.717) is 5.69 Å². The molecular weight excluding hydrogens is 219 g/mol. The summed E-state index contributed by atoms with van der Waals surface area (Å²) >= 11 is 0. The lowest BCUT2D eigenvalue weighted by Crippen LogP contribution is -2.30. The Kier molecular flexibility index (Phi) is 2.49. The molecular formula is C10H10F3N3. The van der Waals surface area contributed by atoms with E-state index in [2.05, 4.69) is 9.97 Å². The standard InChI is InChI=1S/C10H10F3N3/c1-16(5-10(11,12)13)7-2-3-8-9(4-7)15-6-14-8/h2-4,6H,5H2,1H3,(H,14,15). The number of nitrogens with zero attached hydrogens (tertiary/aromatic N) is 2. The average molecular weight is 229 g/mol. The summed E-state index contributed by atoms with van der Waals surface area (Å²) in [5.41, 5.74) is 1.98. The van der Waals surface area contributed by atoms with E-state index in [9.17, 15) is 13.2 Å². The second kappa shape index (κ2) is 3.70. The summed E-state index contributed by atoms with van der Waals surface area (Å²) in [4.78, 5) is 8.01. The van der Waals surface area contributed by atoms with Crippen molar-refractivity contribution in [1.29, 1.82) is 0 Å². The van der Waals surface area contributed by atoms with E-state index in [1.165, 1.54) is 13.4 Å². The molecule has 0 unspecified atom stereocenters. The molecule has 0 fully saturated rings. The van der Waals surface area contributed by atoms with E-state index in [-0.39, 0.29) is 0 Å². The van der Waals surface area contributed by atoms with Gasteiger partial charge in [-0.3, -0.25) is 0 Å². The highest BCUT2D eigenvalue weighted by Crippen LogP contribution is 2.23. The molecule has 0 aliphatic heterocycles. The van der Waals surface area contributed by atoms with Crippen molar-refractivity contribution in [3.8, 4) is 0 Å². The van der Waals surface area contributed by atoms with E-state index in [1.54, 1.807) is 18.2 Å². The van der Waals surface area contributed by atoms with Gasteiger partial charge in [0.1, 0.15) is 6.54 Å². The first-order valence-corrected chi connectivity index (χ1v) is 4.67. The van der Waals surface area contributed by atoms with E-state index in [4.69, 9.17) is 0 Å². The number of anilines is 1. The van der Waals surface area contributed by atoms with Crippen LogP contribution in [0.15, 0.2) is 24.5 Å². The van der Waals surface area contributed by atoms with Gasteiger partial charge in [-0.05, 0) is 18.2 Å². The number of rotatable bonds is 2. The third kappa shape index (κ3) is 2.26. The Bertz CT molecular complexity index is 489. The molecule has 2 aromatic rings. The second-order valence-electron chi connectivity index (χ2n) is 3.58. The van der Waals surface area contributed by atoms with Gasteiger partial charge in [-0.2, -0.15) is 13.2 Å². The van der Waals surface area contributed by atoms with Crippen molar-refractivity contribution in [3.05, 3.63) is 24.5 Å². The van der Waals surface area contributed by atoms with Crippen molar-refractivity contribution in [1.82, 2.24) is 9.97 Å². The van der Waals surface area contributed by atoms with E-state index in [0.717, 1.165) is 15.9 Å². The lowest BCUT2D eigenvalue weighted by molar-refractivity contribution is -0.119. The number of hydrogen-bond acceptors (Lipinski definition) is 2. The molecule has 6 heteroatoms. The van der Waals surface area contributed by atoms with Crippen LogP contribution in [-0.2, 0) is 0 Å². The third-order valence-electron chi connectivity index (χ3n) is 2.26. The Balaban J connectivity index is 2.25. The molecule has 1 heterocycles. The molecule has 16 heavy (non-hydrogen) atoms. The molecule has 86 valence electrons. The summed E-state index contributed by atoms with van der Waals surface area (Å²) in [5.74, 6) is 0. The van der Waals surface area contributed by atoms with Crippen molar-refractivity contribution in [2.24, 2.45) is 0 Å². The Hall–Kier alpha value is -1.72. The normalized spacial score (nSPS) is 12.0. The van der Waals surface area contributed by atoms with Crippen molar-refractivity contribution in [2.75, 3.05) is 18.5 Å². The number of H-pyrrole nitrogens is 1. The topological polar surface area (TPSA) is 31.9 Å². The lowest BCUT2D eigenvalue weighted by Gasteiger charge is -2.20. The highest BCUT2D eigenvalue weighted by Gasteiger charge is 2.29. The van der Waals surface area contributed by atoms with Crippen molar-refractivity contribution in [2.45, 2.75) is 6.18 Å². The number of alkyl halides is 3. The molecule has 0 saturated heterocycles. The molecule has 0 aliphatic carbocycles. The van der Waals surface area contributed by atoms with Crippen LogP contribution in [0, 0.1) is 0 Å². The third-order valence-corrected chi connectivity index (χ3v) is 2.26. The van der Waals surface area contributed by atoms with Crippen LogP contribution in [0.3, 0.4) is 0 Å². The fourth-order valence-electron chi connectivity index (χ4n) is 1.52. The molecule has 0 bridgehead atoms. The zero-order valence-electron chi connectivity index (χ0n) is 8.54. The molecule has 0 aliphatic rings. The summed E-state index contributed by atoms with van der Waals surface area (Å²) < 4.78 is 36.6. The van der Waals surface area contributed by atoms with Gasteiger partial charge in [0.05, 0.1) is 17.4 Å². The van der Waals surface area contributed by atoms with Crippen LogP contribution < -0.4 is 4.90 Å². The largest absolute Gasteiger partial charge is 0.405 e. The van der Waals surface area contributed by atoms with Crippen LogP contribution >= 0.6 is 0 Å². The van der Waals surface area contributed by atoms with Crippen LogP contribution in [0.2, 0.25) is 0 Å². The lowest BCUT2D eigenvalue weighted by atomic mass is 10.2. The van der Waals surface area contributed by atoms with Crippen LogP contribution in [0.1, 0.15) is 0 Å². The molecule has 0 amide bonds. The van der Waals surface area contributed by atoms with Gasteiger partial charge < -0.3 is 9.88 Å². The fraction of sp³-hybridized carbons (Fsp3) is 0.300. The van der Waals surface area contributed by atoms with Crippen molar-refractivity contribution in [3.63, 3.8) is 0 Å². The Morgan fingerprint density at radius 1 is 1.38 bits per heavy atom. The molecule has 2 rings (SSSR count). The number of hydrogen-bond donors (Lipinski definition) is 1. The van der Waals surface area contributed by atoms with Crippen LogP contribution in [-0.4, -0.2) is 29.7 Å². The molecule has 0 saturated carbocycles. The van der Waals surface area contributed by atoms with Crippen molar-refractivity contribution < 1.29 is 13.2 Å². The maximum absolute atomic E-state index is 12.2. The number of halogens is 3. The Labute approximate surface area is 89.9 Å². The van der Waals surface area contributed by atoms with Gasteiger partial charge >= 0.3 is 6.18 Å². The minimum Gasteiger partial charge on any atom is -0.366 e. The van der Waals surface area contributed by atoms with Gasteiger partial charge in [0, 0.05) is 12.7 Å². The van der Waals surface area contributed by atoms with E-state index >= 15 is 0 Å². The fourth-order valence-corrected chi connectivity index (χ4v) is 1.52. The summed E-state index contributed by atoms with van der Waals surface area (Å²) in [7, 11) is 1.41. The molecule has 1 N–H and O–H groups in total. The first-order valence-electron chi connectivity index (χ1n) is 4.67. The van der Waals surface area contributed by atoms with Gasteiger partial charge in [-0.15, -0.1) is 0 Å². The maximum atomic E-state index is 12.2. The second-order valence-corrected chi connectivity index (χ2v) is 3.58. The molecule has 3 nitrogen and oxygen atoms in total. The first kappa shape index (κ1) is 10.8. The van der Waals surface area contributed by atoms with E-state index < -0.39 is 12.7 Å². The highest BCUT2D eigenvalue weighted by atomic mass is 19.4. The minimum absolute atomic E-state index is 0.508. The summed E-state index contributed by atoms with van der Waals surface area (Å²) in [6.07, 6.45) is -2.68. The van der Waals surface area contributed by atoms with Crippen LogP contribution in [0.5, 0.6) is 0 Å². The van der Waals surface area contributed by atoms with Gasteiger partial charge in [0.2, 0.25) is 0 Å². The van der Waals surface area contributed by atoms with Crippen LogP contribution in [0.4, 0.5) is 18.9 Å². The first-order chi connectivity index (χ1) is 7.46. The monoisotopic (exact) mass is 229 g/mol. The van der Waals surface area contributed by atoms with Crippen molar-refractivity contribution >= 4 is 16.7 Å². The SMILES string of the molecule is CN(CC(F)(F)F)c1ccc2nc[nH]c2c1. The molecule has 1 aromatic carbocycles. The maximum Gasteiger partial charge on any atom is 0.405 e. The minimum atomic E-state index is -4.20. The summed E-state index contributed by atoms with van der Waals surface area (Å²) in [6, 6.07) is 4.96. The van der Waals surface area contributed by atoms with Gasteiger partial charge in [-0.1, -0.05) is 0 Å². The Morgan fingerprint density at radius 3 is 2.81 bits per heavy atom. The van der Waals surface area contributed by atoms with Gasteiger partial charge in [0.25, 0.3) is 0 Å². The number of fused-ring (bicyclic) bond motifs is 1. The van der Waals surface area contributed by atoms with E-state index in [1.807, 2.05) is 0 Å². The molecule has 1 aromatic heterocycles. The highest BCUT2D eigenvalue weighted by molar-refractivity contribution is 5.78. The predicted octanol–water partition coefficient (Wildman–Crippen LogP) is 2.56. The van der Waals surface area contributed by atoms with Gasteiger partial charge in [0.15, 0.2) is 0 Å². The Morgan fingerprint density at radius 2 is 2.12 bits per heavy atom. The summed E-state index contributed by atoms with van der Waals surface area (Å²) in [5, 5.41) is 0. The number of aromatic amines is 1. The summed E-state index contributed by atoms with van der Waals surface area (Å²) in [6.45, 7) is -0.966. The number of imidazole rings is 1. The molecule has 0 radical (unpaired) electrons. The number of nitrogens with one attached hydrogen (secondary N) is 1. The predicted molar refractivity (Wildman–Crippen MR) is 55.4 cm³/mol. The zero-order chi connectivity index (χ0) is 11.8.